The number of carbonyl (C=O) groups excluding carboxylic acids is 1. The first-order valence-corrected chi connectivity index (χ1v) is 8.31. The van der Waals surface area contributed by atoms with Gasteiger partial charge in [-0.1, -0.05) is 17.3 Å². The Morgan fingerprint density at radius 1 is 1.15 bits per heavy atom. The lowest BCUT2D eigenvalue weighted by molar-refractivity contribution is -0.124. The SMILES string of the molecule is O=C(Nc1cccc(-c2noc(-c3ccc(F)cc3)n2)c1)C1CCCO1. The molecule has 1 amide bonds. The van der Waals surface area contributed by atoms with Crippen molar-refractivity contribution >= 4 is 11.6 Å². The van der Waals surface area contributed by atoms with Gasteiger partial charge in [-0.05, 0) is 49.2 Å². The molecule has 26 heavy (non-hydrogen) atoms. The minimum Gasteiger partial charge on any atom is -0.368 e. The van der Waals surface area contributed by atoms with E-state index in [0.717, 1.165) is 12.8 Å². The summed E-state index contributed by atoms with van der Waals surface area (Å²) in [4.78, 5) is 16.5. The maximum absolute atomic E-state index is 13.0. The number of nitrogens with one attached hydrogen (secondary N) is 1. The molecular formula is C19H16FN3O3. The molecule has 6 nitrogen and oxygen atoms in total. The van der Waals surface area contributed by atoms with Crippen molar-refractivity contribution in [2.24, 2.45) is 0 Å². The summed E-state index contributed by atoms with van der Waals surface area (Å²) in [6, 6.07) is 13.0. The van der Waals surface area contributed by atoms with Crippen LogP contribution in [-0.2, 0) is 9.53 Å². The molecule has 1 aliphatic heterocycles. The second-order valence-corrected chi connectivity index (χ2v) is 6.00. The molecule has 1 fully saturated rings. The highest BCUT2D eigenvalue weighted by atomic mass is 19.1. The van der Waals surface area contributed by atoms with Gasteiger partial charge in [0.25, 0.3) is 11.8 Å². The lowest BCUT2D eigenvalue weighted by atomic mass is 10.1. The molecule has 132 valence electrons. The summed E-state index contributed by atoms with van der Waals surface area (Å²) >= 11 is 0. The third-order valence-corrected chi connectivity index (χ3v) is 4.13. The van der Waals surface area contributed by atoms with E-state index in [-0.39, 0.29) is 11.7 Å². The van der Waals surface area contributed by atoms with E-state index in [9.17, 15) is 9.18 Å². The van der Waals surface area contributed by atoms with Gasteiger partial charge in [0.1, 0.15) is 11.9 Å². The topological polar surface area (TPSA) is 77.3 Å². The van der Waals surface area contributed by atoms with Crippen molar-refractivity contribution in [3.05, 3.63) is 54.3 Å². The Kier molecular flexibility index (Phi) is 4.45. The van der Waals surface area contributed by atoms with Crippen molar-refractivity contribution in [2.45, 2.75) is 18.9 Å². The number of amides is 1. The summed E-state index contributed by atoms with van der Waals surface area (Å²) in [6.45, 7) is 0.618. The first kappa shape index (κ1) is 16.4. The zero-order valence-corrected chi connectivity index (χ0v) is 13.8. The predicted octanol–water partition coefficient (Wildman–Crippen LogP) is 3.66. The summed E-state index contributed by atoms with van der Waals surface area (Å²) < 4.78 is 23.7. The summed E-state index contributed by atoms with van der Waals surface area (Å²) in [5.41, 5.74) is 1.97. The van der Waals surface area contributed by atoms with Crippen LogP contribution in [0, 0.1) is 5.82 Å². The Morgan fingerprint density at radius 3 is 2.77 bits per heavy atom. The maximum atomic E-state index is 13.0. The van der Waals surface area contributed by atoms with Crippen LogP contribution in [0.5, 0.6) is 0 Å². The van der Waals surface area contributed by atoms with Crippen molar-refractivity contribution in [1.82, 2.24) is 10.1 Å². The Bertz CT molecular complexity index is 918. The summed E-state index contributed by atoms with van der Waals surface area (Å²) in [5.74, 6) is 0.203. The van der Waals surface area contributed by atoms with Gasteiger partial charge < -0.3 is 14.6 Å². The van der Waals surface area contributed by atoms with Crippen LogP contribution in [0.4, 0.5) is 10.1 Å². The van der Waals surface area contributed by atoms with E-state index in [1.54, 1.807) is 30.3 Å². The monoisotopic (exact) mass is 353 g/mol. The van der Waals surface area contributed by atoms with Crippen LogP contribution in [0.2, 0.25) is 0 Å². The number of hydrogen-bond acceptors (Lipinski definition) is 5. The molecule has 1 atom stereocenters. The highest BCUT2D eigenvalue weighted by Crippen LogP contribution is 2.25. The lowest BCUT2D eigenvalue weighted by Crippen LogP contribution is -2.26. The Morgan fingerprint density at radius 2 is 2.00 bits per heavy atom. The zero-order chi connectivity index (χ0) is 17.9. The quantitative estimate of drug-likeness (QED) is 0.774. The molecule has 0 aliphatic carbocycles. The number of carbonyl (C=O) groups is 1. The normalized spacial score (nSPS) is 16.6. The van der Waals surface area contributed by atoms with Crippen molar-refractivity contribution in [2.75, 3.05) is 11.9 Å². The first-order valence-electron chi connectivity index (χ1n) is 8.31. The van der Waals surface area contributed by atoms with Crippen LogP contribution in [0.25, 0.3) is 22.8 Å². The zero-order valence-electron chi connectivity index (χ0n) is 13.8. The van der Waals surface area contributed by atoms with E-state index in [1.807, 2.05) is 6.07 Å². The third-order valence-electron chi connectivity index (χ3n) is 4.13. The number of anilines is 1. The molecule has 7 heteroatoms. The molecule has 1 aromatic heterocycles. The number of ether oxygens (including phenoxy) is 1. The fourth-order valence-electron chi connectivity index (χ4n) is 2.79. The van der Waals surface area contributed by atoms with Crippen molar-refractivity contribution in [1.29, 1.82) is 0 Å². The van der Waals surface area contributed by atoms with Crippen molar-refractivity contribution in [3.8, 4) is 22.8 Å². The van der Waals surface area contributed by atoms with Crippen molar-refractivity contribution in [3.63, 3.8) is 0 Å². The Labute approximate surface area is 149 Å². The molecule has 0 bridgehead atoms. The summed E-state index contributed by atoms with van der Waals surface area (Å²) in [5, 5.41) is 6.81. The van der Waals surface area contributed by atoms with Crippen LogP contribution in [0.1, 0.15) is 12.8 Å². The molecule has 3 aromatic rings. The van der Waals surface area contributed by atoms with Crippen LogP contribution in [0.3, 0.4) is 0 Å². The third kappa shape index (κ3) is 3.48. The summed E-state index contributed by atoms with van der Waals surface area (Å²) in [6.07, 6.45) is 1.23. The van der Waals surface area contributed by atoms with E-state index in [0.29, 0.717) is 35.1 Å². The van der Waals surface area contributed by atoms with Crippen molar-refractivity contribution < 1.29 is 18.4 Å². The Hall–Kier alpha value is -3.06. The average molecular weight is 353 g/mol. The fraction of sp³-hybridized carbons (Fsp3) is 0.211. The summed E-state index contributed by atoms with van der Waals surface area (Å²) in [7, 11) is 0. The molecule has 1 saturated heterocycles. The van der Waals surface area contributed by atoms with Crippen LogP contribution < -0.4 is 5.32 Å². The van der Waals surface area contributed by atoms with Gasteiger partial charge in [-0.3, -0.25) is 4.79 Å². The second-order valence-electron chi connectivity index (χ2n) is 6.00. The molecule has 1 aliphatic rings. The molecule has 2 heterocycles. The minimum absolute atomic E-state index is 0.153. The maximum Gasteiger partial charge on any atom is 0.258 e. The second kappa shape index (κ2) is 7.05. The van der Waals surface area contributed by atoms with Crippen LogP contribution in [-0.4, -0.2) is 28.8 Å². The van der Waals surface area contributed by atoms with Crippen LogP contribution >= 0.6 is 0 Å². The molecule has 1 N–H and O–H groups in total. The molecular weight excluding hydrogens is 337 g/mol. The number of benzene rings is 2. The van der Waals surface area contributed by atoms with Gasteiger partial charge in [0.15, 0.2) is 0 Å². The van der Waals surface area contributed by atoms with Gasteiger partial charge in [-0.25, -0.2) is 4.39 Å². The molecule has 0 radical (unpaired) electrons. The predicted molar refractivity (Wildman–Crippen MR) is 92.7 cm³/mol. The highest BCUT2D eigenvalue weighted by molar-refractivity contribution is 5.94. The standard InChI is InChI=1S/C19H16FN3O3/c20-14-8-6-12(7-9-14)19-22-17(23-26-19)13-3-1-4-15(11-13)21-18(24)16-5-2-10-25-16/h1,3-4,6-9,11,16H,2,5,10H2,(H,21,24). The molecule has 0 spiro atoms. The number of nitrogens with zero attached hydrogens (tertiary/aromatic N) is 2. The van der Waals surface area contributed by atoms with E-state index in [2.05, 4.69) is 15.5 Å². The van der Waals surface area contributed by atoms with Gasteiger partial charge in [0.05, 0.1) is 0 Å². The van der Waals surface area contributed by atoms with Crippen LogP contribution in [0.15, 0.2) is 53.1 Å². The van der Waals surface area contributed by atoms with Gasteiger partial charge in [-0.2, -0.15) is 4.98 Å². The van der Waals surface area contributed by atoms with E-state index in [1.165, 1.54) is 12.1 Å². The van der Waals surface area contributed by atoms with Gasteiger partial charge in [0, 0.05) is 23.4 Å². The minimum atomic E-state index is -0.395. The number of halogens is 1. The van der Waals surface area contributed by atoms with E-state index in [4.69, 9.17) is 9.26 Å². The number of aromatic nitrogens is 2. The fourth-order valence-corrected chi connectivity index (χ4v) is 2.79. The molecule has 2 aromatic carbocycles. The average Bonchev–Trinajstić information content (AvgIpc) is 3.35. The van der Waals surface area contributed by atoms with E-state index >= 15 is 0 Å². The largest absolute Gasteiger partial charge is 0.368 e. The smallest absolute Gasteiger partial charge is 0.258 e. The Balaban J connectivity index is 1.53. The number of rotatable bonds is 4. The van der Waals surface area contributed by atoms with E-state index < -0.39 is 6.10 Å². The molecule has 1 unspecified atom stereocenters. The molecule has 0 saturated carbocycles. The molecule has 4 rings (SSSR count). The van der Waals surface area contributed by atoms with Gasteiger partial charge in [0.2, 0.25) is 5.82 Å². The highest BCUT2D eigenvalue weighted by Gasteiger charge is 2.23. The first-order chi connectivity index (χ1) is 12.7. The van der Waals surface area contributed by atoms with Gasteiger partial charge in [-0.15, -0.1) is 0 Å². The lowest BCUT2D eigenvalue weighted by Gasteiger charge is -2.10. The number of hydrogen-bond donors (Lipinski definition) is 1. The van der Waals surface area contributed by atoms with Gasteiger partial charge >= 0.3 is 0 Å².